The maximum atomic E-state index is 13.8. The lowest BCUT2D eigenvalue weighted by Crippen LogP contribution is -2.56. The first-order valence-electron chi connectivity index (χ1n) is 12.8. The van der Waals surface area contributed by atoms with E-state index in [1.165, 1.54) is 12.1 Å². The number of esters is 1. The number of halogens is 1. The van der Waals surface area contributed by atoms with Gasteiger partial charge < -0.3 is 14.7 Å². The van der Waals surface area contributed by atoms with Crippen LogP contribution < -0.4 is 0 Å². The zero-order valence-corrected chi connectivity index (χ0v) is 20.9. The SMILES string of the molecule is CC1C[C@@]2(C(=O)N3CC[C@H](O)C3)C(=O)O[C@H](C)C2C(/C=C/c2ccc(-c3cccc(F)c3)cn2)C1C. The molecule has 2 aromatic rings. The lowest BCUT2D eigenvalue weighted by Gasteiger charge is -2.47. The largest absolute Gasteiger partial charge is 0.461 e. The number of aliphatic hydroxyl groups excluding tert-OH is 1. The molecule has 3 aliphatic rings. The van der Waals surface area contributed by atoms with Crippen LogP contribution >= 0.6 is 0 Å². The number of pyridine rings is 1. The number of carbonyl (C=O) groups excluding carboxylic acids is 2. The molecule has 7 heteroatoms. The van der Waals surface area contributed by atoms with Crippen molar-refractivity contribution in [1.82, 2.24) is 9.88 Å². The van der Waals surface area contributed by atoms with Crippen molar-refractivity contribution in [1.29, 1.82) is 0 Å². The van der Waals surface area contributed by atoms with Gasteiger partial charge in [-0.1, -0.05) is 38.1 Å². The molecule has 1 aromatic heterocycles. The fraction of sp³-hybridized carbons (Fsp3) is 0.483. The van der Waals surface area contributed by atoms with Crippen molar-refractivity contribution in [3.05, 3.63) is 60.2 Å². The third-order valence-corrected chi connectivity index (χ3v) is 8.56. The molecule has 1 saturated carbocycles. The molecule has 0 bridgehead atoms. The Balaban J connectivity index is 1.44. The van der Waals surface area contributed by atoms with Gasteiger partial charge in [-0.3, -0.25) is 14.6 Å². The summed E-state index contributed by atoms with van der Waals surface area (Å²) >= 11 is 0. The normalized spacial score (nSPS) is 34.1. The summed E-state index contributed by atoms with van der Waals surface area (Å²) in [4.78, 5) is 33.3. The quantitative estimate of drug-likeness (QED) is 0.508. The number of hydrogen-bond acceptors (Lipinski definition) is 5. The number of likely N-dealkylation sites (tertiary alicyclic amines) is 1. The van der Waals surface area contributed by atoms with Gasteiger partial charge in [0.25, 0.3) is 0 Å². The van der Waals surface area contributed by atoms with Crippen LogP contribution in [0.3, 0.4) is 0 Å². The van der Waals surface area contributed by atoms with Crippen molar-refractivity contribution in [3.8, 4) is 11.1 Å². The molecule has 7 atom stereocenters. The fourth-order valence-corrected chi connectivity index (χ4v) is 6.52. The molecule has 3 heterocycles. The molecule has 1 aromatic carbocycles. The van der Waals surface area contributed by atoms with Crippen LogP contribution in [0.1, 0.15) is 39.3 Å². The third kappa shape index (κ3) is 4.13. The van der Waals surface area contributed by atoms with Crippen LogP contribution in [0.5, 0.6) is 0 Å². The van der Waals surface area contributed by atoms with Crippen LogP contribution in [-0.2, 0) is 14.3 Å². The van der Waals surface area contributed by atoms with Gasteiger partial charge in [0.1, 0.15) is 11.9 Å². The van der Waals surface area contributed by atoms with Crippen LogP contribution in [0, 0.1) is 34.9 Å². The van der Waals surface area contributed by atoms with E-state index in [-0.39, 0.29) is 48.0 Å². The van der Waals surface area contributed by atoms with Crippen molar-refractivity contribution < 1.29 is 23.8 Å². The Kier molecular flexibility index (Phi) is 6.45. The maximum Gasteiger partial charge on any atom is 0.322 e. The second-order valence-corrected chi connectivity index (χ2v) is 10.8. The average Bonchev–Trinajstić information content (AvgIpc) is 3.40. The molecule has 190 valence electrons. The van der Waals surface area contributed by atoms with Gasteiger partial charge in [-0.25, -0.2) is 4.39 Å². The van der Waals surface area contributed by atoms with E-state index < -0.39 is 17.5 Å². The Labute approximate surface area is 211 Å². The maximum absolute atomic E-state index is 13.8. The van der Waals surface area contributed by atoms with Gasteiger partial charge in [-0.05, 0) is 67.4 Å². The molecule has 0 radical (unpaired) electrons. The zero-order valence-electron chi connectivity index (χ0n) is 20.9. The smallest absolute Gasteiger partial charge is 0.322 e. The number of aromatic nitrogens is 1. The first kappa shape index (κ1) is 24.6. The highest BCUT2D eigenvalue weighted by atomic mass is 19.1. The summed E-state index contributed by atoms with van der Waals surface area (Å²) in [6, 6.07) is 10.2. The second kappa shape index (κ2) is 9.43. The van der Waals surface area contributed by atoms with Crippen molar-refractivity contribution in [3.63, 3.8) is 0 Å². The summed E-state index contributed by atoms with van der Waals surface area (Å²) in [5.41, 5.74) is 1.11. The molecule has 3 fully saturated rings. The number of amides is 1. The summed E-state index contributed by atoms with van der Waals surface area (Å²) in [7, 11) is 0. The van der Waals surface area contributed by atoms with Crippen LogP contribution in [-0.4, -0.2) is 52.2 Å². The summed E-state index contributed by atoms with van der Waals surface area (Å²) < 4.78 is 19.3. The summed E-state index contributed by atoms with van der Waals surface area (Å²) in [5.74, 6) is -0.899. The van der Waals surface area contributed by atoms with Crippen LogP contribution in [0.4, 0.5) is 4.39 Å². The zero-order chi connectivity index (χ0) is 25.6. The van der Waals surface area contributed by atoms with E-state index in [0.29, 0.717) is 19.4 Å². The topological polar surface area (TPSA) is 79.7 Å². The Hall–Kier alpha value is -3.06. The van der Waals surface area contributed by atoms with Gasteiger partial charge in [0.05, 0.1) is 11.8 Å². The number of allylic oxidation sites excluding steroid dienone is 1. The van der Waals surface area contributed by atoms with Crippen LogP contribution in [0.2, 0.25) is 0 Å². The Morgan fingerprint density at radius 1 is 1.22 bits per heavy atom. The Morgan fingerprint density at radius 2 is 2.03 bits per heavy atom. The van der Waals surface area contributed by atoms with Gasteiger partial charge in [0, 0.05) is 30.8 Å². The van der Waals surface area contributed by atoms with E-state index in [0.717, 1.165) is 16.8 Å². The summed E-state index contributed by atoms with van der Waals surface area (Å²) in [6.07, 6.45) is 5.80. The van der Waals surface area contributed by atoms with Gasteiger partial charge in [-0.15, -0.1) is 0 Å². The van der Waals surface area contributed by atoms with Gasteiger partial charge >= 0.3 is 5.97 Å². The Morgan fingerprint density at radius 3 is 2.69 bits per heavy atom. The van der Waals surface area contributed by atoms with E-state index in [1.54, 1.807) is 17.2 Å². The molecule has 6 nitrogen and oxygen atoms in total. The number of carbonyl (C=O) groups is 2. The lowest BCUT2D eigenvalue weighted by molar-refractivity contribution is -0.162. The van der Waals surface area contributed by atoms with E-state index in [2.05, 4.69) is 24.9 Å². The Bertz CT molecular complexity index is 1180. The first-order valence-corrected chi connectivity index (χ1v) is 12.8. The van der Waals surface area contributed by atoms with Crippen LogP contribution in [0.15, 0.2) is 48.7 Å². The number of benzene rings is 1. The number of aliphatic hydroxyl groups is 1. The van der Waals surface area contributed by atoms with E-state index in [4.69, 9.17) is 4.74 Å². The molecule has 1 amide bonds. The van der Waals surface area contributed by atoms with Crippen molar-refractivity contribution in [2.45, 2.75) is 45.8 Å². The number of fused-ring (bicyclic) bond motifs is 1. The molecular weight excluding hydrogens is 459 g/mol. The predicted octanol–water partition coefficient (Wildman–Crippen LogP) is 4.33. The molecule has 0 spiro atoms. The molecule has 1 aliphatic carbocycles. The summed E-state index contributed by atoms with van der Waals surface area (Å²) in [6.45, 7) is 6.87. The fourth-order valence-electron chi connectivity index (χ4n) is 6.52. The number of rotatable bonds is 4. The third-order valence-electron chi connectivity index (χ3n) is 8.56. The summed E-state index contributed by atoms with van der Waals surface area (Å²) in [5, 5.41) is 10.0. The van der Waals surface area contributed by atoms with E-state index >= 15 is 0 Å². The minimum Gasteiger partial charge on any atom is -0.461 e. The second-order valence-electron chi connectivity index (χ2n) is 10.8. The number of nitrogens with zero attached hydrogens (tertiary/aromatic N) is 2. The van der Waals surface area contributed by atoms with Crippen molar-refractivity contribution in [2.24, 2.45) is 29.1 Å². The predicted molar refractivity (Wildman–Crippen MR) is 134 cm³/mol. The van der Waals surface area contributed by atoms with E-state index in [1.807, 2.05) is 31.2 Å². The van der Waals surface area contributed by atoms with Crippen LogP contribution in [0.25, 0.3) is 17.2 Å². The number of cyclic esters (lactones) is 1. The monoisotopic (exact) mass is 492 g/mol. The van der Waals surface area contributed by atoms with E-state index in [9.17, 15) is 19.1 Å². The number of hydrogen-bond donors (Lipinski definition) is 1. The van der Waals surface area contributed by atoms with Gasteiger partial charge in [0.2, 0.25) is 5.91 Å². The highest BCUT2D eigenvalue weighted by molar-refractivity contribution is 6.05. The minimum absolute atomic E-state index is 0.0589. The molecule has 1 N–H and O–H groups in total. The van der Waals surface area contributed by atoms with Gasteiger partial charge in [0.15, 0.2) is 5.41 Å². The highest BCUT2D eigenvalue weighted by Gasteiger charge is 2.67. The van der Waals surface area contributed by atoms with Gasteiger partial charge in [-0.2, -0.15) is 0 Å². The molecule has 4 unspecified atom stereocenters. The lowest BCUT2D eigenvalue weighted by atomic mass is 9.54. The molecular formula is C29H33FN2O4. The number of ether oxygens (including phenoxy) is 1. The molecule has 2 saturated heterocycles. The molecule has 2 aliphatic heterocycles. The highest BCUT2D eigenvalue weighted by Crippen LogP contribution is 2.57. The average molecular weight is 493 g/mol. The van der Waals surface area contributed by atoms with Crippen molar-refractivity contribution >= 4 is 18.0 Å². The molecule has 5 rings (SSSR count). The first-order chi connectivity index (χ1) is 17.2. The molecule has 36 heavy (non-hydrogen) atoms. The number of β-amino-alcohol motifs (C(OH)–C–C–N with tert-alkyl or cyclic N) is 1. The van der Waals surface area contributed by atoms with Crippen molar-refractivity contribution in [2.75, 3.05) is 13.1 Å². The minimum atomic E-state index is -1.22. The standard InChI is InChI=1S/C29H33FN2O4/c1-17-14-29(27(34)32-12-11-24(33)16-32)26(19(3)36-28(29)35)25(18(17)2)10-9-23-8-7-21(15-31-23)20-5-4-6-22(30)13-20/h4-10,13,15,17-19,24-26,33H,11-12,14,16H2,1-3H3/b10-9+/t17?,18?,19-,24+,25?,26?,29-/m1/s1.